The van der Waals surface area contributed by atoms with Gasteiger partial charge in [-0.1, -0.05) is 41.9 Å². The fourth-order valence-corrected chi connectivity index (χ4v) is 6.13. The predicted molar refractivity (Wildman–Crippen MR) is 150 cm³/mol. The summed E-state index contributed by atoms with van der Waals surface area (Å²) in [6.07, 6.45) is 8.15. The van der Waals surface area contributed by atoms with E-state index >= 15 is 4.39 Å². The summed E-state index contributed by atoms with van der Waals surface area (Å²) in [6.45, 7) is 1.90. The molecule has 7 rings (SSSR count). The molecule has 2 atom stereocenters. The Bertz CT molecular complexity index is 1690. The molecule has 2 bridgehead atoms. The quantitative estimate of drug-likeness (QED) is 0.325. The van der Waals surface area contributed by atoms with Gasteiger partial charge in [0, 0.05) is 73.2 Å². The number of nitrogens with one attached hydrogen (secondary N) is 1. The van der Waals surface area contributed by atoms with Gasteiger partial charge in [-0.3, -0.25) is 4.98 Å². The van der Waals surface area contributed by atoms with Crippen molar-refractivity contribution in [1.29, 1.82) is 0 Å². The SMILES string of the molecule is Cn1ccnc1CCOc1nc(N2C[C@H]3CC[C@@H](C2)N3)c2cnc(-c3cccc4cccc(Cl)c34)c(F)c2n1. The van der Waals surface area contributed by atoms with Crippen molar-refractivity contribution >= 4 is 39.1 Å². The number of anilines is 1. The number of nitrogens with zero attached hydrogens (tertiary/aromatic N) is 6. The van der Waals surface area contributed by atoms with Crippen molar-refractivity contribution in [2.24, 2.45) is 7.05 Å². The molecule has 2 aromatic carbocycles. The standard InChI is InChI=1S/C29H27ClFN7O/c1-37-12-11-32-23(37)10-13-39-29-35-27-21(28(36-29)38-15-18-8-9-19(16-38)34-18)14-33-26(25(27)31)20-6-2-4-17-5-3-7-22(30)24(17)20/h2-7,11-12,14,18-19,34H,8-10,13,15-16H2,1H3/t18-,19+. The number of rotatable bonds is 6. The van der Waals surface area contributed by atoms with Gasteiger partial charge >= 0.3 is 6.01 Å². The smallest absolute Gasteiger partial charge is 0.319 e. The summed E-state index contributed by atoms with van der Waals surface area (Å²) in [6, 6.07) is 12.2. The van der Waals surface area contributed by atoms with E-state index in [1.165, 1.54) is 0 Å². The van der Waals surface area contributed by atoms with Crippen LogP contribution in [0, 0.1) is 5.82 Å². The number of hydrogen-bond acceptors (Lipinski definition) is 7. The van der Waals surface area contributed by atoms with E-state index < -0.39 is 5.82 Å². The van der Waals surface area contributed by atoms with E-state index in [2.05, 4.69) is 25.2 Å². The molecule has 0 radical (unpaired) electrons. The van der Waals surface area contributed by atoms with Gasteiger partial charge in [-0.15, -0.1) is 0 Å². The lowest BCUT2D eigenvalue weighted by Gasteiger charge is -2.34. The number of fused-ring (bicyclic) bond motifs is 4. The van der Waals surface area contributed by atoms with Gasteiger partial charge in [-0.05, 0) is 24.3 Å². The third-order valence-corrected chi connectivity index (χ3v) is 8.06. The number of aromatic nitrogens is 5. The van der Waals surface area contributed by atoms with E-state index in [4.69, 9.17) is 21.3 Å². The number of imidazole rings is 1. The van der Waals surface area contributed by atoms with Crippen LogP contribution in [0.3, 0.4) is 0 Å². The van der Waals surface area contributed by atoms with E-state index in [9.17, 15) is 0 Å². The molecule has 198 valence electrons. The largest absolute Gasteiger partial charge is 0.463 e. The van der Waals surface area contributed by atoms with Gasteiger partial charge in [0.25, 0.3) is 0 Å². The first-order valence-corrected chi connectivity index (χ1v) is 13.6. The molecule has 2 aliphatic heterocycles. The Morgan fingerprint density at radius 1 is 1.08 bits per heavy atom. The zero-order valence-electron chi connectivity index (χ0n) is 21.4. The van der Waals surface area contributed by atoms with Crippen LogP contribution in [0.5, 0.6) is 6.01 Å². The molecule has 1 N–H and O–H groups in total. The first-order chi connectivity index (χ1) is 19.0. The third-order valence-electron chi connectivity index (χ3n) is 7.75. The van der Waals surface area contributed by atoms with Crippen LogP contribution >= 0.6 is 11.6 Å². The molecule has 2 aliphatic rings. The molecule has 39 heavy (non-hydrogen) atoms. The van der Waals surface area contributed by atoms with Crippen molar-refractivity contribution in [2.45, 2.75) is 31.3 Å². The lowest BCUT2D eigenvalue weighted by molar-refractivity contribution is 0.293. The molecule has 0 unspecified atom stereocenters. The first kappa shape index (κ1) is 24.2. The summed E-state index contributed by atoms with van der Waals surface area (Å²) in [5.41, 5.74) is 1.01. The molecule has 0 saturated carbocycles. The second kappa shape index (κ2) is 9.73. The minimum absolute atomic E-state index is 0.143. The van der Waals surface area contributed by atoms with Crippen molar-refractivity contribution < 1.29 is 9.13 Å². The van der Waals surface area contributed by atoms with Crippen LogP contribution in [0.4, 0.5) is 10.2 Å². The second-order valence-corrected chi connectivity index (χ2v) is 10.7. The van der Waals surface area contributed by atoms with Crippen molar-refractivity contribution in [3.05, 3.63) is 71.7 Å². The Morgan fingerprint density at radius 2 is 1.87 bits per heavy atom. The summed E-state index contributed by atoms with van der Waals surface area (Å²) in [7, 11) is 1.94. The Kier molecular flexibility index (Phi) is 6.05. The average Bonchev–Trinajstić information content (AvgIpc) is 3.51. The first-order valence-electron chi connectivity index (χ1n) is 13.2. The fraction of sp³-hybridized carbons (Fsp3) is 0.310. The van der Waals surface area contributed by atoms with E-state index in [1.807, 2.05) is 48.1 Å². The molecular formula is C29H27ClFN7O. The average molecular weight is 544 g/mol. The summed E-state index contributed by atoms with van der Waals surface area (Å²) < 4.78 is 24.4. The van der Waals surface area contributed by atoms with Gasteiger partial charge in [0.2, 0.25) is 0 Å². The summed E-state index contributed by atoms with van der Waals surface area (Å²) >= 11 is 6.56. The number of pyridine rings is 1. The van der Waals surface area contributed by atoms with Crippen LogP contribution in [0.15, 0.2) is 55.0 Å². The molecule has 0 amide bonds. The van der Waals surface area contributed by atoms with Crippen LogP contribution in [0.2, 0.25) is 5.02 Å². The molecule has 0 aliphatic carbocycles. The molecule has 2 saturated heterocycles. The molecule has 2 fully saturated rings. The van der Waals surface area contributed by atoms with Crippen molar-refractivity contribution in [1.82, 2.24) is 29.8 Å². The Hall–Kier alpha value is -3.82. The van der Waals surface area contributed by atoms with Crippen LogP contribution in [0.1, 0.15) is 18.7 Å². The monoisotopic (exact) mass is 543 g/mol. The molecule has 0 spiro atoms. The maximum Gasteiger partial charge on any atom is 0.319 e. The van der Waals surface area contributed by atoms with Gasteiger partial charge < -0.3 is 19.5 Å². The van der Waals surface area contributed by atoms with Crippen molar-refractivity contribution in [3.63, 3.8) is 0 Å². The van der Waals surface area contributed by atoms with Gasteiger partial charge in [0.05, 0.1) is 12.0 Å². The van der Waals surface area contributed by atoms with Gasteiger partial charge in [-0.2, -0.15) is 9.97 Å². The van der Waals surface area contributed by atoms with Gasteiger partial charge in [0.1, 0.15) is 22.9 Å². The normalized spacial score (nSPS) is 18.8. The maximum absolute atomic E-state index is 16.4. The van der Waals surface area contributed by atoms with Crippen LogP contribution in [-0.4, -0.2) is 56.3 Å². The number of aryl methyl sites for hydroxylation is 1. The minimum Gasteiger partial charge on any atom is -0.463 e. The molecule has 5 aromatic rings. The maximum atomic E-state index is 16.4. The highest BCUT2D eigenvalue weighted by molar-refractivity contribution is 6.36. The number of benzene rings is 2. The number of halogens is 2. The van der Waals surface area contributed by atoms with E-state index in [1.54, 1.807) is 18.5 Å². The van der Waals surface area contributed by atoms with E-state index in [0.717, 1.165) is 42.5 Å². The van der Waals surface area contributed by atoms with Crippen molar-refractivity contribution in [2.75, 3.05) is 24.6 Å². The lowest BCUT2D eigenvalue weighted by atomic mass is 10.0. The number of hydrogen-bond donors (Lipinski definition) is 1. The fourth-order valence-electron chi connectivity index (χ4n) is 5.85. The zero-order chi connectivity index (χ0) is 26.5. The molecule has 3 aromatic heterocycles. The summed E-state index contributed by atoms with van der Waals surface area (Å²) in [5.74, 6) is 1.02. The zero-order valence-corrected chi connectivity index (χ0v) is 22.2. The highest BCUT2D eigenvalue weighted by atomic mass is 35.5. The third kappa shape index (κ3) is 4.35. The Labute approximate surface area is 229 Å². The molecule has 8 nitrogen and oxygen atoms in total. The number of ether oxygens (including phenoxy) is 1. The van der Waals surface area contributed by atoms with E-state index in [0.29, 0.717) is 46.9 Å². The number of piperazine rings is 1. The van der Waals surface area contributed by atoms with Gasteiger partial charge in [0.15, 0.2) is 5.82 Å². The van der Waals surface area contributed by atoms with Crippen LogP contribution < -0.4 is 15.0 Å². The van der Waals surface area contributed by atoms with Crippen LogP contribution in [-0.2, 0) is 13.5 Å². The topological polar surface area (TPSA) is 81.0 Å². The summed E-state index contributed by atoms with van der Waals surface area (Å²) in [5, 5.41) is 6.43. The summed E-state index contributed by atoms with van der Waals surface area (Å²) in [4.78, 5) is 20.5. The minimum atomic E-state index is -0.518. The lowest BCUT2D eigenvalue weighted by Crippen LogP contribution is -2.51. The highest BCUT2D eigenvalue weighted by Gasteiger charge is 2.34. The molecular weight excluding hydrogens is 517 g/mol. The second-order valence-electron chi connectivity index (χ2n) is 10.3. The van der Waals surface area contributed by atoms with Gasteiger partial charge in [-0.25, -0.2) is 9.37 Å². The predicted octanol–water partition coefficient (Wildman–Crippen LogP) is 4.93. The Morgan fingerprint density at radius 3 is 2.64 bits per heavy atom. The Balaban J connectivity index is 1.33. The van der Waals surface area contributed by atoms with Crippen LogP contribution in [0.25, 0.3) is 32.9 Å². The van der Waals surface area contributed by atoms with Crippen molar-refractivity contribution in [3.8, 4) is 17.3 Å². The van der Waals surface area contributed by atoms with E-state index in [-0.39, 0.29) is 17.2 Å². The molecule has 10 heteroatoms. The molecule has 5 heterocycles. The highest BCUT2D eigenvalue weighted by Crippen LogP contribution is 2.38.